The molecule has 2 heterocycles. The first-order valence-corrected chi connectivity index (χ1v) is 5.49. The summed E-state index contributed by atoms with van der Waals surface area (Å²) in [5.74, 6) is 0.548. The van der Waals surface area contributed by atoms with Gasteiger partial charge in [-0.05, 0) is 25.8 Å². The van der Waals surface area contributed by atoms with Crippen LogP contribution in [0.3, 0.4) is 0 Å². The number of ether oxygens (including phenoxy) is 2. The molecule has 1 aromatic rings. The Kier molecular flexibility index (Phi) is 3.37. The Morgan fingerprint density at radius 1 is 1.69 bits per heavy atom. The summed E-state index contributed by atoms with van der Waals surface area (Å²) in [5, 5.41) is 9.01. The maximum absolute atomic E-state index is 9.01. The number of pyridine rings is 1. The first kappa shape index (κ1) is 10.9. The third-order valence-corrected chi connectivity index (χ3v) is 2.57. The van der Waals surface area contributed by atoms with Gasteiger partial charge in [0.05, 0.1) is 30.2 Å². The van der Waals surface area contributed by atoms with E-state index in [9.17, 15) is 0 Å². The summed E-state index contributed by atoms with van der Waals surface area (Å²) in [6.45, 7) is 3.20. The zero-order valence-corrected chi connectivity index (χ0v) is 9.27. The van der Waals surface area contributed by atoms with Crippen LogP contribution < -0.4 is 4.74 Å². The lowest BCUT2D eigenvalue weighted by Gasteiger charge is -2.10. The van der Waals surface area contributed by atoms with Crippen molar-refractivity contribution >= 4 is 0 Å². The van der Waals surface area contributed by atoms with E-state index in [0.29, 0.717) is 17.9 Å². The number of rotatable bonds is 3. The van der Waals surface area contributed by atoms with Crippen LogP contribution >= 0.6 is 0 Å². The first-order valence-electron chi connectivity index (χ1n) is 5.49. The smallest absolute Gasteiger partial charge is 0.155 e. The highest BCUT2D eigenvalue weighted by atomic mass is 16.5. The number of hydrogen-bond donors (Lipinski definition) is 0. The summed E-state index contributed by atoms with van der Waals surface area (Å²) in [4.78, 5) is 4.29. The summed E-state index contributed by atoms with van der Waals surface area (Å²) in [6, 6.07) is 3.89. The average Bonchev–Trinajstić information content (AvgIpc) is 2.83. The average molecular weight is 218 g/mol. The highest BCUT2D eigenvalue weighted by molar-refractivity contribution is 5.42. The van der Waals surface area contributed by atoms with Crippen molar-refractivity contribution in [2.45, 2.75) is 25.9 Å². The number of aromatic nitrogens is 1. The Morgan fingerprint density at radius 2 is 2.56 bits per heavy atom. The van der Waals surface area contributed by atoms with Crippen molar-refractivity contribution in [2.24, 2.45) is 0 Å². The fourth-order valence-electron chi connectivity index (χ4n) is 1.80. The van der Waals surface area contributed by atoms with E-state index in [1.807, 2.05) is 6.92 Å². The second-order valence-corrected chi connectivity index (χ2v) is 3.65. The van der Waals surface area contributed by atoms with Gasteiger partial charge in [-0.3, -0.25) is 4.98 Å². The SMILES string of the molecule is CCOc1cnc(C2CCCO2)cc1C#N. The highest BCUT2D eigenvalue weighted by Gasteiger charge is 2.20. The van der Waals surface area contributed by atoms with E-state index in [1.165, 1.54) is 0 Å². The molecule has 0 N–H and O–H groups in total. The summed E-state index contributed by atoms with van der Waals surface area (Å²) in [5.41, 5.74) is 1.36. The fraction of sp³-hybridized carbons (Fsp3) is 0.500. The molecule has 0 bridgehead atoms. The van der Waals surface area contributed by atoms with Crippen LogP contribution in [-0.4, -0.2) is 18.2 Å². The Morgan fingerprint density at radius 3 is 3.19 bits per heavy atom. The molecule has 1 aliphatic rings. The predicted molar refractivity (Wildman–Crippen MR) is 58.0 cm³/mol. The number of hydrogen-bond acceptors (Lipinski definition) is 4. The van der Waals surface area contributed by atoms with Crippen molar-refractivity contribution in [3.63, 3.8) is 0 Å². The monoisotopic (exact) mass is 218 g/mol. The van der Waals surface area contributed by atoms with Gasteiger partial charge in [0.2, 0.25) is 0 Å². The Hall–Kier alpha value is -1.60. The van der Waals surface area contributed by atoms with Crippen LogP contribution in [-0.2, 0) is 4.74 Å². The fourth-order valence-corrected chi connectivity index (χ4v) is 1.80. The van der Waals surface area contributed by atoms with Gasteiger partial charge in [0, 0.05) is 6.61 Å². The van der Waals surface area contributed by atoms with Gasteiger partial charge in [-0.15, -0.1) is 0 Å². The summed E-state index contributed by atoms with van der Waals surface area (Å²) in [7, 11) is 0. The van der Waals surface area contributed by atoms with Crippen molar-refractivity contribution in [1.29, 1.82) is 5.26 Å². The molecular formula is C12H14N2O2. The molecule has 0 spiro atoms. The quantitative estimate of drug-likeness (QED) is 0.780. The zero-order valence-electron chi connectivity index (χ0n) is 9.27. The van der Waals surface area contributed by atoms with Crippen LogP contribution in [0.5, 0.6) is 5.75 Å². The molecule has 1 atom stereocenters. The van der Waals surface area contributed by atoms with Crippen LogP contribution in [0.25, 0.3) is 0 Å². The Bertz CT molecular complexity index is 406. The van der Waals surface area contributed by atoms with E-state index in [0.717, 1.165) is 25.1 Å². The maximum Gasteiger partial charge on any atom is 0.155 e. The van der Waals surface area contributed by atoms with E-state index < -0.39 is 0 Å². The van der Waals surface area contributed by atoms with Gasteiger partial charge in [-0.1, -0.05) is 0 Å². The van der Waals surface area contributed by atoms with Gasteiger partial charge in [0.1, 0.15) is 6.07 Å². The van der Waals surface area contributed by atoms with Crippen LogP contribution in [0.1, 0.15) is 37.1 Å². The summed E-state index contributed by atoms with van der Waals surface area (Å²) >= 11 is 0. The maximum atomic E-state index is 9.01. The zero-order chi connectivity index (χ0) is 11.4. The lowest BCUT2D eigenvalue weighted by atomic mass is 10.1. The largest absolute Gasteiger partial charge is 0.491 e. The van der Waals surface area contributed by atoms with Crippen molar-refractivity contribution in [3.05, 3.63) is 23.5 Å². The van der Waals surface area contributed by atoms with Gasteiger partial charge in [-0.2, -0.15) is 5.26 Å². The molecule has 0 radical (unpaired) electrons. The molecule has 16 heavy (non-hydrogen) atoms. The lowest BCUT2D eigenvalue weighted by Crippen LogP contribution is -2.02. The molecule has 1 aliphatic heterocycles. The highest BCUT2D eigenvalue weighted by Crippen LogP contribution is 2.29. The van der Waals surface area contributed by atoms with Gasteiger partial charge >= 0.3 is 0 Å². The second kappa shape index (κ2) is 4.95. The predicted octanol–water partition coefficient (Wildman–Crippen LogP) is 2.20. The minimum atomic E-state index is 0.0442. The number of nitriles is 1. The van der Waals surface area contributed by atoms with E-state index in [1.54, 1.807) is 12.3 Å². The van der Waals surface area contributed by atoms with Crippen molar-refractivity contribution in [1.82, 2.24) is 4.98 Å². The van der Waals surface area contributed by atoms with Crippen molar-refractivity contribution in [3.8, 4) is 11.8 Å². The molecule has 4 heteroatoms. The van der Waals surface area contributed by atoms with Crippen LogP contribution in [0.4, 0.5) is 0 Å². The Balaban J connectivity index is 2.25. The van der Waals surface area contributed by atoms with Crippen LogP contribution in [0.2, 0.25) is 0 Å². The molecule has 1 unspecified atom stereocenters. The molecule has 4 nitrogen and oxygen atoms in total. The molecular weight excluding hydrogens is 204 g/mol. The van der Waals surface area contributed by atoms with E-state index >= 15 is 0 Å². The minimum absolute atomic E-state index is 0.0442. The van der Waals surface area contributed by atoms with Gasteiger partial charge in [0.25, 0.3) is 0 Å². The van der Waals surface area contributed by atoms with E-state index in [2.05, 4.69) is 11.1 Å². The van der Waals surface area contributed by atoms with Gasteiger partial charge in [-0.25, -0.2) is 0 Å². The van der Waals surface area contributed by atoms with E-state index in [4.69, 9.17) is 14.7 Å². The summed E-state index contributed by atoms with van der Waals surface area (Å²) < 4.78 is 10.8. The van der Waals surface area contributed by atoms with Gasteiger partial charge < -0.3 is 9.47 Å². The molecule has 84 valence electrons. The molecule has 0 saturated carbocycles. The number of nitrogens with zero attached hydrogens (tertiary/aromatic N) is 2. The molecule has 2 rings (SSSR count). The van der Waals surface area contributed by atoms with Crippen molar-refractivity contribution < 1.29 is 9.47 Å². The molecule has 0 amide bonds. The van der Waals surface area contributed by atoms with Crippen LogP contribution in [0.15, 0.2) is 12.3 Å². The minimum Gasteiger partial charge on any atom is -0.491 e. The normalized spacial score (nSPS) is 19.4. The lowest BCUT2D eigenvalue weighted by molar-refractivity contribution is 0.108. The standard InChI is InChI=1S/C12H14N2O2/c1-2-15-12-8-14-10(6-9(12)7-13)11-4-3-5-16-11/h6,8,11H,2-5H2,1H3. The van der Waals surface area contributed by atoms with E-state index in [-0.39, 0.29) is 6.10 Å². The topological polar surface area (TPSA) is 55.1 Å². The summed E-state index contributed by atoms with van der Waals surface area (Å²) in [6.07, 6.45) is 3.69. The third-order valence-electron chi connectivity index (χ3n) is 2.57. The van der Waals surface area contributed by atoms with Crippen LogP contribution in [0, 0.1) is 11.3 Å². The third kappa shape index (κ3) is 2.15. The molecule has 1 saturated heterocycles. The van der Waals surface area contributed by atoms with Gasteiger partial charge in [0.15, 0.2) is 5.75 Å². The molecule has 1 fully saturated rings. The van der Waals surface area contributed by atoms with Crippen molar-refractivity contribution in [2.75, 3.05) is 13.2 Å². The second-order valence-electron chi connectivity index (χ2n) is 3.65. The molecule has 0 aliphatic carbocycles. The molecule has 0 aromatic carbocycles. The molecule has 1 aromatic heterocycles. The first-order chi connectivity index (χ1) is 7.85. The Labute approximate surface area is 94.8 Å².